The van der Waals surface area contributed by atoms with Crippen LogP contribution >= 0.6 is 10.7 Å². The Morgan fingerprint density at radius 2 is 2.11 bits per heavy atom. The molecule has 1 aromatic rings. The fourth-order valence-electron chi connectivity index (χ4n) is 1.42. The van der Waals surface area contributed by atoms with E-state index in [1.165, 1.54) is 6.92 Å². The van der Waals surface area contributed by atoms with Crippen LogP contribution in [0.4, 0.5) is 10.1 Å². The Balaban J connectivity index is 3.32. The zero-order valence-corrected chi connectivity index (χ0v) is 11.5. The number of halogens is 2. The number of nitro benzene ring substituents is 1. The molecule has 19 heavy (non-hydrogen) atoms. The number of nitro groups is 1. The molecule has 0 unspecified atom stereocenters. The van der Waals surface area contributed by atoms with Crippen molar-refractivity contribution in [3.8, 4) is 5.75 Å². The van der Waals surface area contributed by atoms with Crippen LogP contribution in [0.1, 0.15) is 12.0 Å². The fraction of sp³-hybridized carbons (Fsp3) is 0.400. The summed E-state index contributed by atoms with van der Waals surface area (Å²) in [6, 6.07) is 1.98. The average molecular weight is 312 g/mol. The van der Waals surface area contributed by atoms with Crippen LogP contribution in [0.2, 0.25) is 0 Å². The second-order valence-electron chi connectivity index (χ2n) is 3.68. The minimum atomic E-state index is -4.20. The van der Waals surface area contributed by atoms with Gasteiger partial charge in [-0.05, 0) is 12.5 Å². The van der Waals surface area contributed by atoms with E-state index < -0.39 is 31.2 Å². The summed E-state index contributed by atoms with van der Waals surface area (Å²) in [5, 5.41) is 10.7. The normalized spacial score (nSPS) is 11.3. The van der Waals surface area contributed by atoms with E-state index in [2.05, 4.69) is 0 Å². The van der Waals surface area contributed by atoms with E-state index >= 15 is 0 Å². The molecule has 1 rings (SSSR count). The number of hydrogen-bond acceptors (Lipinski definition) is 5. The number of benzene rings is 1. The first-order valence-corrected chi connectivity index (χ1v) is 7.50. The van der Waals surface area contributed by atoms with Crippen LogP contribution in [-0.4, -0.2) is 26.6 Å². The minimum Gasteiger partial charge on any atom is -0.492 e. The third-order valence-electron chi connectivity index (χ3n) is 2.22. The molecule has 0 aliphatic heterocycles. The summed E-state index contributed by atoms with van der Waals surface area (Å²) in [7, 11) is 1.02. The number of aryl methyl sites for hydroxylation is 1. The molecule has 0 heterocycles. The largest absolute Gasteiger partial charge is 0.492 e. The molecule has 6 nitrogen and oxygen atoms in total. The van der Waals surface area contributed by atoms with Crippen LogP contribution < -0.4 is 4.74 Å². The van der Waals surface area contributed by atoms with E-state index in [0.29, 0.717) is 0 Å². The van der Waals surface area contributed by atoms with Gasteiger partial charge in [-0.3, -0.25) is 14.5 Å². The van der Waals surface area contributed by atoms with Crippen molar-refractivity contribution in [3.63, 3.8) is 0 Å². The molecule has 0 saturated carbocycles. The maximum absolute atomic E-state index is 12.0. The van der Waals surface area contributed by atoms with Crippen molar-refractivity contribution in [2.75, 3.05) is 13.3 Å². The zero-order valence-electron chi connectivity index (χ0n) is 9.93. The van der Waals surface area contributed by atoms with Gasteiger partial charge in [0.2, 0.25) is 0 Å². The molecule has 0 spiro atoms. The van der Waals surface area contributed by atoms with Gasteiger partial charge in [-0.25, -0.2) is 8.42 Å². The van der Waals surface area contributed by atoms with Crippen molar-refractivity contribution < 1.29 is 22.5 Å². The maximum Gasteiger partial charge on any atom is 0.271 e. The Kier molecular flexibility index (Phi) is 5.07. The van der Waals surface area contributed by atoms with E-state index in [-0.39, 0.29) is 24.3 Å². The van der Waals surface area contributed by atoms with Crippen molar-refractivity contribution in [1.29, 1.82) is 0 Å². The molecule has 0 aromatic heterocycles. The predicted molar refractivity (Wildman–Crippen MR) is 67.0 cm³/mol. The molecule has 0 fully saturated rings. The molecule has 0 radical (unpaired) electrons. The van der Waals surface area contributed by atoms with Crippen LogP contribution in [0.15, 0.2) is 17.0 Å². The Morgan fingerprint density at radius 3 is 2.58 bits per heavy atom. The van der Waals surface area contributed by atoms with Gasteiger partial charge in [0.05, 0.1) is 18.2 Å². The summed E-state index contributed by atoms with van der Waals surface area (Å²) < 4.78 is 39.9. The molecule has 0 aliphatic rings. The molecule has 0 N–H and O–H groups in total. The van der Waals surface area contributed by atoms with E-state index in [0.717, 1.165) is 12.1 Å². The van der Waals surface area contributed by atoms with Crippen molar-refractivity contribution in [1.82, 2.24) is 0 Å². The summed E-state index contributed by atoms with van der Waals surface area (Å²) in [4.78, 5) is 9.46. The van der Waals surface area contributed by atoms with Crippen molar-refractivity contribution in [3.05, 3.63) is 27.8 Å². The predicted octanol–water partition coefficient (Wildman–Crippen LogP) is 2.57. The second-order valence-corrected chi connectivity index (χ2v) is 6.21. The average Bonchev–Trinajstić information content (AvgIpc) is 2.29. The SMILES string of the molecule is Cc1cc([N+](=O)[O-])cc(S(=O)(=O)Cl)c1OCCCF. The number of nitrogens with zero attached hydrogens (tertiary/aromatic N) is 1. The van der Waals surface area contributed by atoms with Crippen LogP contribution in [0, 0.1) is 17.0 Å². The van der Waals surface area contributed by atoms with Crippen molar-refractivity contribution in [2.24, 2.45) is 0 Å². The summed E-state index contributed by atoms with van der Waals surface area (Å²) in [6.07, 6.45) is 0.0815. The highest BCUT2D eigenvalue weighted by Crippen LogP contribution is 2.34. The Bertz CT molecular complexity index is 590. The van der Waals surface area contributed by atoms with Gasteiger partial charge in [-0.2, -0.15) is 0 Å². The standard InChI is InChI=1S/C10H11ClFNO5S/c1-7-5-8(13(14)15)6-9(19(11,16)17)10(7)18-4-2-3-12/h5-6H,2-4H2,1H3. The lowest BCUT2D eigenvalue weighted by Crippen LogP contribution is -2.05. The summed E-state index contributed by atoms with van der Waals surface area (Å²) >= 11 is 0. The highest BCUT2D eigenvalue weighted by molar-refractivity contribution is 8.13. The molecule has 1 aromatic carbocycles. The number of non-ortho nitro benzene ring substituents is 1. The third-order valence-corrected chi connectivity index (χ3v) is 3.55. The highest BCUT2D eigenvalue weighted by atomic mass is 35.7. The minimum absolute atomic E-state index is 0.0471. The van der Waals surface area contributed by atoms with Crippen LogP contribution in [-0.2, 0) is 9.05 Å². The highest BCUT2D eigenvalue weighted by Gasteiger charge is 2.23. The molecular weight excluding hydrogens is 301 g/mol. The van der Waals surface area contributed by atoms with Gasteiger partial charge in [-0.1, -0.05) is 0 Å². The molecule has 0 atom stereocenters. The molecular formula is C10H11ClFNO5S. The molecule has 0 bridgehead atoms. The number of ether oxygens (including phenoxy) is 1. The van der Waals surface area contributed by atoms with Gasteiger partial charge in [-0.15, -0.1) is 0 Å². The van der Waals surface area contributed by atoms with E-state index in [1.807, 2.05) is 0 Å². The van der Waals surface area contributed by atoms with E-state index in [9.17, 15) is 22.9 Å². The maximum atomic E-state index is 12.0. The monoisotopic (exact) mass is 311 g/mol. The Hall–Kier alpha value is -1.41. The lowest BCUT2D eigenvalue weighted by atomic mass is 10.2. The summed E-state index contributed by atoms with van der Waals surface area (Å²) in [5.41, 5.74) is -0.165. The Labute approximate surface area is 113 Å². The van der Waals surface area contributed by atoms with Crippen LogP contribution in [0.3, 0.4) is 0 Å². The summed E-state index contributed by atoms with van der Waals surface area (Å²) in [6.45, 7) is 0.785. The van der Waals surface area contributed by atoms with E-state index in [1.54, 1.807) is 0 Å². The van der Waals surface area contributed by atoms with Gasteiger partial charge < -0.3 is 4.74 Å². The van der Waals surface area contributed by atoms with Gasteiger partial charge in [0.25, 0.3) is 14.7 Å². The van der Waals surface area contributed by atoms with Gasteiger partial charge in [0.1, 0.15) is 10.6 Å². The number of alkyl halides is 1. The Morgan fingerprint density at radius 1 is 1.47 bits per heavy atom. The summed E-state index contributed by atoms with van der Waals surface area (Å²) in [5.74, 6) is -0.0888. The molecule has 9 heteroatoms. The number of rotatable bonds is 6. The smallest absolute Gasteiger partial charge is 0.271 e. The topological polar surface area (TPSA) is 86.5 Å². The lowest BCUT2D eigenvalue weighted by Gasteiger charge is -2.11. The fourth-order valence-corrected chi connectivity index (χ4v) is 2.47. The first-order chi connectivity index (χ1) is 8.77. The first kappa shape index (κ1) is 15.6. The van der Waals surface area contributed by atoms with Crippen molar-refractivity contribution in [2.45, 2.75) is 18.2 Å². The third kappa shape index (κ3) is 4.03. The number of hydrogen-bond donors (Lipinski definition) is 0. The van der Waals surface area contributed by atoms with Gasteiger partial charge >= 0.3 is 0 Å². The second kappa shape index (κ2) is 6.16. The van der Waals surface area contributed by atoms with Crippen LogP contribution in [0.25, 0.3) is 0 Å². The molecule has 0 aliphatic carbocycles. The van der Waals surface area contributed by atoms with Crippen LogP contribution in [0.5, 0.6) is 5.75 Å². The molecule has 0 saturated heterocycles. The lowest BCUT2D eigenvalue weighted by molar-refractivity contribution is -0.385. The molecule has 0 amide bonds. The van der Waals surface area contributed by atoms with E-state index in [4.69, 9.17) is 15.4 Å². The zero-order chi connectivity index (χ0) is 14.6. The van der Waals surface area contributed by atoms with Gasteiger partial charge in [0.15, 0.2) is 0 Å². The quantitative estimate of drug-likeness (QED) is 0.349. The molecule has 106 valence electrons. The van der Waals surface area contributed by atoms with Gasteiger partial charge in [0, 0.05) is 29.2 Å². The van der Waals surface area contributed by atoms with Crippen molar-refractivity contribution >= 4 is 25.4 Å². The first-order valence-electron chi connectivity index (χ1n) is 5.20.